The fraction of sp³-hybridized carbons (Fsp3) is 0.435. The van der Waals surface area contributed by atoms with Gasteiger partial charge in [0.2, 0.25) is 5.91 Å². The van der Waals surface area contributed by atoms with Crippen LogP contribution in [-0.2, 0) is 28.6 Å². The molecule has 0 fully saturated rings. The number of nitrogens with one attached hydrogen (secondary N) is 1. The number of hydrogen-bond donors (Lipinski definition) is 1. The van der Waals surface area contributed by atoms with Crippen molar-refractivity contribution in [2.75, 3.05) is 40.1 Å². The number of ether oxygens (including phenoxy) is 5. The minimum absolute atomic E-state index is 0.0949. The Morgan fingerprint density at radius 2 is 1.80 bits per heavy atom. The minimum Gasteiger partial charge on any atom is -0.493 e. The van der Waals surface area contributed by atoms with Crippen LogP contribution in [0.5, 0.6) is 11.5 Å². The van der Waals surface area contributed by atoms with Crippen molar-refractivity contribution in [3.05, 3.63) is 53.1 Å². The number of amides is 1. The first-order chi connectivity index (χ1) is 16.7. The van der Waals surface area contributed by atoms with E-state index in [9.17, 15) is 24.5 Å². The maximum absolute atomic E-state index is 11.9. The van der Waals surface area contributed by atoms with Gasteiger partial charge in [0.05, 0.1) is 43.5 Å². The lowest BCUT2D eigenvalue weighted by atomic mass is 10.1. The summed E-state index contributed by atoms with van der Waals surface area (Å²) in [6.07, 6.45) is 1.60. The summed E-state index contributed by atoms with van der Waals surface area (Å²) in [5.74, 6) is -1.13. The van der Waals surface area contributed by atoms with Crippen LogP contribution in [0.25, 0.3) is 0 Å². The first-order valence-electron chi connectivity index (χ1n) is 10.7. The highest BCUT2D eigenvalue weighted by atomic mass is 16.6. The van der Waals surface area contributed by atoms with Crippen LogP contribution in [0.4, 0.5) is 5.69 Å². The SMILES string of the molecule is C=CC(=O)OCCOCCNC(=O)CCCOc1cc([N+](=O)[O-])c(C(C)OC(=O)C=C)cc1OC. The Morgan fingerprint density at radius 3 is 2.43 bits per heavy atom. The third kappa shape index (κ3) is 10.7. The van der Waals surface area contributed by atoms with Crippen molar-refractivity contribution in [2.45, 2.75) is 25.9 Å². The molecule has 1 aromatic rings. The number of carbonyl (C=O) groups excluding carboxylic acids is 3. The second-order valence-corrected chi connectivity index (χ2v) is 6.89. The minimum atomic E-state index is -0.918. The van der Waals surface area contributed by atoms with E-state index in [0.717, 1.165) is 12.2 Å². The van der Waals surface area contributed by atoms with E-state index in [1.165, 1.54) is 26.2 Å². The van der Waals surface area contributed by atoms with Gasteiger partial charge in [-0.15, -0.1) is 0 Å². The van der Waals surface area contributed by atoms with Crippen LogP contribution in [-0.4, -0.2) is 62.9 Å². The zero-order valence-corrected chi connectivity index (χ0v) is 19.8. The van der Waals surface area contributed by atoms with E-state index in [-0.39, 0.29) is 68.1 Å². The molecule has 35 heavy (non-hydrogen) atoms. The second-order valence-electron chi connectivity index (χ2n) is 6.89. The molecule has 0 radical (unpaired) electrons. The topological polar surface area (TPSA) is 153 Å². The Hall–Kier alpha value is -3.93. The number of hydrogen-bond acceptors (Lipinski definition) is 10. The average Bonchev–Trinajstić information content (AvgIpc) is 2.84. The van der Waals surface area contributed by atoms with E-state index in [2.05, 4.69) is 18.5 Å². The fourth-order valence-electron chi connectivity index (χ4n) is 2.73. The molecule has 0 spiro atoms. The predicted octanol–water partition coefficient (Wildman–Crippen LogP) is 2.41. The highest BCUT2D eigenvalue weighted by Crippen LogP contribution is 2.38. The first kappa shape index (κ1) is 29.1. The van der Waals surface area contributed by atoms with Gasteiger partial charge in [0.1, 0.15) is 12.7 Å². The Balaban J connectivity index is 2.51. The second kappa shape index (κ2) is 15.8. The van der Waals surface area contributed by atoms with Crippen LogP contribution in [0.1, 0.15) is 31.4 Å². The molecule has 192 valence electrons. The Labute approximate surface area is 203 Å². The monoisotopic (exact) mass is 494 g/mol. The Kier molecular flexibility index (Phi) is 13.2. The molecule has 0 aliphatic carbocycles. The summed E-state index contributed by atoms with van der Waals surface area (Å²) in [5.41, 5.74) is -0.169. The number of methoxy groups -OCH3 is 1. The first-order valence-corrected chi connectivity index (χ1v) is 10.7. The third-order valence-electron chi connectivity index (χ3n) is 4.42. The summed E-state index contributed by atoms with van der Waals surface area (Å²) in [7, 11) is 1.37. The van der Waals surface area contributed by atoms with Gasteiger partial charge in [-0.2, -0.15) is 0 Å². The van der Waals surface area contributed by atoms with E-state index in [0.29, 0.717) is 6.42 Å². The summed E-state index contributed by atoms with van der Waals surface area (Å²) in [6, 6.07) is 2.57. The van der Waals surface area contributed by atoms with Gasteiger partial charge in [-0.25, -0.2) is 9.59 Å². The van der Waals surface area contributed by atoms with E-state index in [1.807, 2.05) is 0 Å². The maximum atomic E-state index is 11.9. The van der Waals surface area contributed by atoms with Gasteiger partial charge in [0.15, 0.2) is 11.5 Å². The number of nitro benzene ring substituents is 1. The molecule has 12 heteroatoms. The van der Waals surface area contributed by atoms with Crippen LogP contribution in [0.2, 0.25) is 0 Å². The molecule has 0 aliphatic rings. The molecule has 0 aromatic heterocycles. The third-order valence-corrected chi connectivity index (χ3v) is 4.42. The molecule has 0 aliphatic heterocycles. The quantitative estimate of drug-likeness (QED) is 0.112. The fourth-order valence-corrected chi connectivity index (χ4v) is 2.73. The Morgan fingerprint density at radius 1 is 1.09 bits per heavy atom. The van der Waals surface area contributed by atoms with Gasteiger partial charge in [-0.1, -0.05) is 13.2 Å². The molecule has 1 amide bonds. The van der Waals surface area contributed by atoms with Crippen LogP contribution < -0.4 is 14.8 Å². The highest BCUT2D eigenvalue weighted by molar-refractivity contribution is 5.81. The number of esters is 2. The lowest BCUT2D eigenvalue weighted by Gasteiger charge is -2.16. The molecule has 1 atom stereocenters. The van der Waals surface area contributed by atoms with E-state index >= 15 is 0 Å². The van der Waals surface area contributed by atoms with Gasteiger partial charge < -0.3 is 29.0 Å². The van der Waals surface area contributed by atoms with Gasteiger partial charge in [0, 0.05) is 25.1 Å². The van der Waals surface area contributed by atoms with E-state index in [1.54, 1.807) is 0 Å². The zero-order chi connectivity index (χ0) is 26.2. The van der Waals surface area contributed by atoms with Crippen LogP contribution >= 0.6 is 0 Å². The molecule has 0 heterocycles. The van der Waals surface area contributed by atoms with Crippen molar-refractivity contribution in [1.29, 1.82) is 0 Å². The summed E-state index contributed by atoms with van der Waals surface area (Å²) >= 11 is 0. The van der Waals surface area contributed by atoms with Gasteiger partial charge in [-0.3, -0.25) is 14.9 Å². The van der Waals surface area contributed by atoms with Crippen molar-refractivity contribution in [1.82, 2.24) is 5.32 Å². The lowest BCUT2D eigenvalue weighted by molar-refractivity contribution is -0.386. The van der Waals surface area contributed by atoms with Crippen molar-refractivity contribution in [2.24, 2.45) is 0 Å². The van der Waals surface area contributed by atoms with Crippen molar-refractivity contribution < 1.29 is 43.0 Å². The molecule has 1 N–H and O–H groups in total. The number of carbonyl (C=O) groups is 3. The van der Waals surface area contributed by atoms with E-state index in [4.69, 9.17) is 23.7 Å². The standard InChI is InChI=1S/C23H30N2O10/c1-5-22(27)34-13-12-32-11-9-24-21(26)8-7-10-33-20-15-18(25(29)30)17(14-19(20)31-4)16(3)35-23(28)6-2/h5-6,14-16H,1-2,7-13H2,3-4H3,(H,24,26). The summed E-state index contributed by atoms with van der Waals surface area (Å²) in [4.78, 5) is 45.1. The highest BCUT2D eigenvalue weighted by Gasteiger charge is 2.25. The largest absolute Gasteiger partial charge is 0.493 e. The number of nitrogens with zero attached hydrogens (tertiary/aromatic N) is 1. The van der Waals surface area contributed by atoms with Crippen molar-refractivity contribution in [3.63, 3.8) is 0 Å². The van der Waals surface area contributed by atoms with Crippen molar-refractivity contribution >= 4 is 23.5 Å². The number of rotatable bonds is 17. The predicted molar refractivity (Wildman–Crippen MR) is 124 cm³/mol. The summed E-state index contributed by atoms with van der Waals surface area (Å²) in [5, 5.41) is 14.2. The summed E-state index contributed by atoms with van der Waals surface area (Å²) < 4.78 is 25.9. The maximum Gasteiger partial charge on any atom is 0.330 e. The number of nitro groups is 1. The molecular weight excluding hydrogens is 464 g/mol. The van der Waals surface area contributed by atoms with E-state index < -0.39 is 23.0 Å². The normalized spacial score (nSPS) is 11.0. The van der Waals surface area contributed by atoms with Gasteiger partial charge >= 0.3 is 11.9 Å². The van der Waals surface area contributed by atoms with Crippen molar-refractivity contribution in [3.8, 4) is 11.5 Å². The zero-order valence-electron chi connectivity index (χ0n) is 19.8. The van der Waals surface area contributed by atoms with Crippen LogP contribution in [0.15, 0.2) is 37.4 Å². The molecule has 1 unspecified atom stereocenters. The molecule has 0 saturated carbocycles. The smallest absolute Gasteiger partial charge is 0.330 e. The molecule has 1 rings (SSSR count). The molecule has 0 bridgehead atoms. The van der Waals surface area contributed by atoms with Gasteiger partial charge in [0.25, 0.3) is 5.69 Å². The molecule has 1 aromatic carbocycles. The molecular formula is C23H30N2O10. The summed E-state index contributed by atoms with van der Waals surface area (Å²) in [6.45, 7) is 9.00. The van der Waals surface area contributed by atoms with Crippen LogP contribution in [0, 0.1) is 10.1 Å². The Bertz CT molecular complexity index is 916. The van der Waals surface area contributed by atoms with Crippen LogP contribution in [0.3, 0.4) is 0 Å². The molecule has 0 saturated heterocycles. The molecule has 12 nitrogen and oxygen atoms in total. The average molecular weight is 494 g/mol. The number of benzene rings is 1. The van der Waals surface area contributed by atoms with Gasteiger partial charge in [-0.05, 0) is 19.4 Å². The lowest BCUT2D eigenvalue weighted by Crippen LogP contribution is -2.27.